The third kappa shape index (κ3) is 3.27. The number of nitrogens with two attached hydrogens (primary N) is 1. The van der Waals surface area contributed by atoms with Gasteiger partial charge in [0.25, 0.3) is 0 Å². The lowest BCUT2D eigenvalue weighted by atomic mass is 10.0. The molecule has 20 heavy (non-hydrogen) atoms. The van der Waals surface area contributed by atoms with Gasteiger partial charge in [-0.3, -0.25) is 0 Å². The Morgan fingerprint density at radius 2 is 2.20 bits per heavy atom. The van der Waals surface area contributed by atoms with Crippen LogP contribution in [0, 0.1) is 0 Å². The number of nitrogens with zero attached hydrogens (tertiary/aromatic N) is 1. The second-order valence-electron chi connectivity index (χ2n) is 5.79. The average Bonchev–Trinajstić information content (AvgIpc) is 2.35. The summed E-state index contributed by atoms with van der Waals surface area (Å²) in [5.41, 5.74) is 7.90. The van der Waals surface area contributed by atoms with Gasteiger partial charge in [0.1, 0.15) is 4.99 Å². The summed E-state index contributed by atoms with van der Waals surface area (Å²) < 4.78 is 5.97. The van der Waals surface area contributed by atoms with Gasteiger partial charge < -0.3 is 15.4 Å². The second kappa shape index (κ2) is 5.92. The molecule has 2 N–H and O–H groups in total. The van der Waals surface area contributed by atoms with Crippen molar-refractivity contribution in [2.45, 2.75) is 37.4 Å². The van der Waals surface area contributed by atoms with Gasteiger partial charge in [0, 0.05) is 29.2 Å². The van der Waals surface area contributed by atoms with Crippen molar-refractivity contribution in [3.8, 4) is 0 Å². The highest BCUT2D eigenvalue weighted by Gasteiger charge is 2.32. The number of ether oxygens (including phenoxy) is 1. The zero-order valence-corrected chi connectivity index (χ0v) is 14.1. The van der Waals surface area contributed by atoms with Crippen molar-refractivity contribution < 1.29 is 4.74 Å². The molecule has 1 atom stereocenters. The fourth-order valence-electron chi connectivity index (χ4n) is 2.84. The Labute approximate surface area is 130 Å². The van der Waals surface area contributed by atoms with E-state index in [1.165, 1.54) is 0 Å². The maximum atomic E-state index is 5.97. The predicted molar refractivity (Wildman–Crippen MR) is 90.9 cm³/mol. The molecular formula is C15H22N2OS2. The molecule has 1 unspecified atom stereocenters. The third-order valence-electron chi connectivity index (χ3n) is 3.38. The summed E-state index contributed by atoms with van der Waals surface area (Å²) in [5, 5.41) is 0. The second-order valence-corrected chi connectivity index (χ2v) is 7.08. The first-order valence-corrected chi connectivity index (χ1v) is 8.37. The average molecular weight is 310 g/mol. The first-order chi connectivity index (χ1) is 9.34. The summed E-state index contributed by atoms with van der Waals surface area (Å²) in [5.74, 6) is 0. The number of rotatable bonds is 3. The molecule has 0 bridgehead atoms. The lowest BCUT2D eigenvalue weighted by Gasteiger charge is -2.43. The van der Waals surface area contributed by atoms with Crippen LogP contribution in [0.2, 0.25) is 0 Å². The number of thiocarbonyl (C=S) groups is 1. The van der Waals surface area contributed by atoms with E-state index in [9.17, 15) is 0 Å². The molecule has 1 aliphatic heterocycles. The quantitative estimate of drug-likeness (QED) is 0.686. The van der Waals surface area contributed by atoms with E-state index < -0.39 is 0 Å². The van der Waals surface area contributed by atoms with Gasteiger partial charge in [-0.1, -0.05) is 18.3 Å². The van der Waals surface area contributed by atoms with Gasteiger partial charge in [0.05, 0.1) is 11.7 Å². The number of benzene rings is 1. The minimum atomic E-state index is -0.166. The van der Waals surface area contributed by atoms with Crippen LogP contribution in [0.1, 0.15) is 26.3 Å². The smallest absolute Gasteiger partial charge is 0.107 e. The maximum absolute atomic E-state index is 5.97. The molecule has 1 aliphatic rings. The standard InChI is InChI=1S/C15H22N2OS2/c1-10-8-17(9-15(2,3)18-10)11-6-5-7-12(20-4)13(11)14(16)19/h5-7,10H,8-9H2,1-4H3,(H2,16,19). The monoisotopic (exact) mass is 310 g/mol. The van der Waals surface area contributed by atoms with Gasteiger partial charge in [-0.2, -0.15) is 0 Å². The van der Waals surface area contributed by atoms with Crippen molar-refractivity contribution in [3.05, 3.63) is 23.8 Å². The molecule has 0 aromatic heterocycles. The zero-order chi connectivity index (χ0) is 14.9. The molecule has 1 aromatic carbocycles. The van der Waals surface area contributed by atoms with Crippen LogP contribution in [0.25, 0.3) is 0 Å². The van der Waals surface area contributed by atoms with Crippen LogP contribution in [0.3, 0.4) is 0 Å². The number of hydrogen-bond donors (Lipinski definition) is 1. The van der Waals surface area contributed by atoms with E-state index in [0.29, 0.717) is 4.99 Å². The van der Waals surface area contributed by atoms with Crippen molar-refractivity contribution in [2.24, 2.45) is 5.73 Å². The zero-order valence-electron chi connectivity index (χ0n) is 12.5. The lowest BCUT2D eigenvalue weighted by Crippen LogP contribution is -2.52. The van der Waals surface area contributed by atoms with Crippen molar-refractivity contribution in [1.82, 2.24) is 0 Å². The van der Waals surface area contributed by atoms with Crippen LogP contribution in [0.4, 0.5) is 5.69 Å². The van der Waals surface area contributed by atoms with E-state index in [1.54, 1.807) is 11.8 Å². The molecule has 110 valence electrons. The fraction of sp³-hybridized carbons (Fsp3) is 0.533. The van der Waals surface area contributed by atoms with Crippen molar-refractivity contribution >= 4 is 34.7 Å². The van der Waals surface area contributed by atoms with Crippen LogP contribution in [0.5, 0.6) is 0 Å². The van der Waals surface area contributed by atoms with Crippen LogP contribution in [-0.2, 0) is 4.74 Å². The molecule has 0 radical (unpaired) electrons. The predicted octanol–water partition coefficient (Wildman–Crippen LogP) is 3.05. The SMILES string of the molecule is CSc1cccc(N2CC(C)OC(C)(C)C2)c1C(N)=S. The highest BCUT2D eigenvalue weighted by atomic mass is 32.2. The van der Waals surface area contributed by atoms with E-state index in [-0.39, 0.29) is 11.7 Å². The Kier molecular flexibility index (Phi) is 4.62. The topological polar surface area (TPSA) is 38.5 Å². The molecule has 2 rings (SSSR count). The van der Waals surface area contributed by atoms with E-state index in [1.807, 2.05) is 6.26 Å². The molecule has 1 saturated heterocycles. The highest BCUT2D eigenvalue weighted by Crippen LogP contribution is 2.33. The van der Waals surface area contributed by atoms with E-state index in [2.05, 4.69) is 43.9 Å². The third-order valence-corrected chi connectivity index (χ3v) is 4.36. The minimum absolute atomic E-state index is 0.166. The van der Waals surface area contributed by atoms with Gasteiger partial charge in [0.15, 0.2) is 0 Å². The Bertz CT molecular complexity index is 517. The summed E-state index contributed by atoms with van der Waals surface area (Å²) in [6.07, 6.45) is 2.24. The normalized spacial score (nSPS) is 21.8. The van der Waals surface area contributed by atoms with E-state index in [4.69, 9.17) is 22.7 Å². The number of thioether (sulfide) groups is 1. The molecule has 1 heterocycles. The Hall–Kier alpha value is -0.780. The summed E-state index contributed by atoms with van der Waals surface area (Å²) >= 11 is 6.94. The Morgan fingerprint density at radius 1 is 1.50 bits per heavy atom. The van der Waals surface area contributed by atoms with Gasteiger partial charge >= 0.3 is 0 Å². The maximum Gasteiger partial charge on any atom is 0.107 e. The largest absolute Gasteiger partial charge is 0.389 e. The molecule has 0 saturated carbocycles. The number of hydrogen-bond acceptors (Lipinski definition) is 4. The molecule has 3 nitrogen and oxygen atoms in total. The van der Waals surface area contributed by atoms with Crippen LogP contribution in [0.15, 0.2) is 23.1 Å². The summed E-state index contributed by atoms with van der Waals surface area (Å²) in [6, 6.07) is 6.23. The summed E-state index contributed by atoms with van der Waals surface area (Å²) in [7, 11) is 0. The minimum Gasteiger partial charge on any atom is -0.389 e. The van der Waals surface area contributed by atoms with Crippen molar-refractivity contribution in [1.29, 1.82) is 0 Å². The lowest BCUT2D eigenvalue weighted by molar-refractivity contribution is -0.0749. The highest BCUT2D eigenvalue weighted by molar-refractivity contribution is 7.98. The van der Waals surface area contributed by atoms with Crippen LogP contribution >= 0.6 is 24.0 Å². The van der Waals surface area contributed by atoms with Crippen LogP contribution < -0.4 is 10.6 Å². The van der Waals surface area contributed by atoms with E-state index in [0.717, 1.165) is 29.2 Å². The first-order valence-electron chi connectivity index (χ1n) is 6.73. The summed E-state index contributed by atoms with van der Waals surface area (Å²) in [4.78, 5) is 3.93. The number of anilines is 1. The molecule has 0 spiro atoms. The number of morpholine rings is 1. The molecule has 1 fully saturated rings. The molecular weight excluding hydrogens is 288 g/mol. The Morgan fingerprint density at radius 3 is 2.75 bits per heavy atom. The van der Waals surface area contributed by atoms with Gasteiger partial charge in [-0.15, -0.1) is 11.8 Å². The Balaban J connectivity index is 2.44. The summed E-state index contributed by atoms with van der Waals surface area (Å²) in [6.45, 7) is 8.04. The first kappa shape index (κ1) is 15.6. The van der Waals surface area contributed by atoms with E-state index >= 15 is 0 Å². The van der Waals surface area contributed by atoms with Crippen LogP contribution in [-0.4, -0.2) is 36.0 Å². The van der Waals surface area contributed by atoms with Gasteiger partial charge in [0.2, 0.25) is 0 Å². The van der Waals surface area contributed by atoms with Gasteiger partial charge in [-0.05, 0) is 39.2 Å². The molecule has 1 aromatic rings. The molecule has 0 aliphatic carbocycles. The molecule has 0 amide bonds. The fourth-order valence-corrected chi connectivity index (χ4v) is 3.75. The van der Waals surface area contributed by atoms with Crippen molar-refractivity contribution in [3.63, 3.8) is 0 Å². The molecule has 5 heteroatoms. The van der Waals surface area contributed by atoms with Gasteiger partial charge in [-0.25, -0.2) is 0 Å². The van der Waals surface area contributed by atoms with Crippen molar-refractivity contribution in [2.75, 3.05) is 24.2 Å².